The van der Waals surface area contributed by atoms with Crippen molar-refractivity contribution in [2.75, 3.05) is 26.2 Å². The number of hydrogen-bond donors (Lipinski definition) is 1. The van der Waals surface area contributed by atoms with Gasteiger partial charge in [0, 0.05) is 38.0 Å². The van der Waals surface area contributed by atoms with Crippen LogP contribution in [0.4, 0.5) is 0 Å². The number of nitrogens with zero attached hydrogens (tertiary/aromatic N) is 2. The Hall–Kier alpha value is -1.46. The number of sulfonamides is 1. The first kappa shape index (κ1) is 20.3. The van der Waals surface area contributed by atoms with Gasteiger partial charge in [-0.15, -0.1) is 22.7 Å². The molecular formula is C16H18ClN3O4S3. The highest BCUT2D eigenvalue weighted by Crippen LogP contribution is 2.29. The number of carbonyl (C=O) groups excluding carboxylic acids is 2. The zero-order valence-electron chi connectivity index (χ0n) is 14.5. The number of halogens is 1. The molecule has 1 fully saturated rings. The highest BCUT2D eigenvalue weighted by Gasteiger charge is 2.31. The van der Waals surface area contributed by atoms with Crippen LogP contribution in [-0.2, 0) is 21.4 Å². The summed E-state index contributed by atoms with van der Waals surface area (Å²) >= 11 is 8.20. The molecule has 0 spiro atoms. The quantitative estimate of drug-likeness (QED) is 0.761. The molecule has 0 atom stereocenters. The van der Waals surface area contributed by atoms with Crippen LogP contribution in [0.5, 0.6) is 0 Å². The van der Waals surface area contributed by atoms with Gasteiger partial charge in [0.25, 0.3) is 15.9 Å². The third-order valence-corrected chi connectivity index (χ3v) is 8.72. The van der Waals surface area contributed by atoms with Gasteiger partial charge in [0.15, 0.2) is 0 Å². The monoisotopic (exact) mass is 447 g/mol. The average molecular weight is 448 g/mol. The Morgan fingerprint density at radius 3 is 2.41 bits per heavy atom. The predicted octanol–water partition coefficient (Wildman–Crippen LogP) is 2.25. The summed E-state index contributed by atoms with van der Waals surface area (Å²) in [5.74, 6) is -0.245. The summed E-state index contributed by atoms with van der Waals surface area (Å²) in [5, 5.41) is 2.70. The van der Waals surface area contributed by atoms with Crippen molar-refractivity contribution in [3.8, 4) is 0 Å². The normalized spacial score (nSPS) is 15.7. The molecule has 1 aliphatic heterocycles. The van der Waals surface area contributed by atoms with Gasteiger partial charge in [-0.3, -0.25) is 9.59 Å². The predicted molar refractivity (Wildman–Crippen MR) is 106 cm³/mol. The molecule has 2 aromatic heterocycles. The van der Waals surface area contributed by atoms with Crippen molar-refractivity contribution in [2.24, 2.45) is 0 Å². The molecule has 2 aromatic rings. The van der Waals surface area contributed by atoms with Crippen molar-refractivity contribution < 1.29 is 18.0 Å². The van der Waals surface area contributed by atoms with Gasteiger partial charge in [0.2, 0.25) is 5.91 Å². The van der Waals surface area contributed by atoms with Gasteiger partial charge in [-0.1, -0.05) is 11.6 Å². The molecule has 1 saturated heterocycles. The number of amides is 2. The van der Waals surface area contributed by atoms with E-state index in [0.717, 1.165) is 16.2 Å². The summed E-state index contributed by atoms with van der Waals surface area (Å²) in [6.07, 6.45) is 0. The lowest BCUT2D eigenvalue weighted by Crippen LogP contribution is -2.50. The molecule has 146 valence electrons. The molecule has 1 N–H and O–H groups in total. The van der Waals surface area contributed by atoms with Crippen LogP contribution in [0.3, 0.4) is 0 Å². The van der Waals surface area contributed by atoms with Gasteiger partial charge in [-0.2, -0.15) is 4.31 Å². The van der Waals surface area contributed by atoms with Crippen molar-refractivity contribution in [1.82, 2.24) is 14.5 Å². The summed E-state index contributed by atoms with van der Waals surface area (Å²) in [7, 11) is -3.57. The highest BCUT2D eigenvalue weighted by atomic mass is 35.5. The molecule has 3 heterocycles. The maximum Gasteiger partial charge on any atom is 0.264 e. The van der Waals surface area contributed by atoms with Crippen LogP contribution >= 0.6 is 34.3 Å². The second-order valence-electron chi connectivity index (χ2n) is 5.93. The van der Waals surface area contributed by atoms with E-state index in [-0.39, 0.29) is 29.1 Å². The minimum atomic E-state index is -3.57. The van der Waals surface area contributed by atoms with E-state index in [1.54, 1.807) is 17.0 Å². The van der Waals surface area contributed by atoms with Gasteiger partial charge in [0.1, 0.15) is 4.21 Å². The number of piperazine rings is 1. The average Bonchev–Trinajstić information content (AvgIpc) is 3.29. The van der Waals surface area contributed by atoms with Crippen LogP contribution in [-0.4, -0.2) is 55.6 Å². The van der Waals surface area contributed by atoms with Gasteiger partial charge >= 0.3 is 0 Å². The molecule has 0 saturated carbocycles. The van der Waals surface area contributed by atoms with Gasteiger partial charge < -0.3 is 10.2 Å². The molecule has 3 rings (SSSR count). The van der Waals surface area contributed by atoms with Crippen molar-refractivity contribution in [3.05, 3.63) is 38.4 Å². The maximum absolute atomic E-state index is 12.6. The SMILES string of the molecule is CC(=O)NCc1ccc(C(=O)N2CCN(S(=O)(=O)c3ccc(Cl)s3)CC2)s1. The first-order valence-corrected chi connectivity index (χ1v) is 11.6. The highest BCUT2D eigenvalue weighted by molar-refractivity contribution is 7.91. The number of hydrogen-bond acceptors (Lipinski definition) is 6. The minimum absolute atomic E-state index is 0.120. The fourth-order valence-electron chi connectivity index (χ4n) is 2.65. The molecule has 27 heavy (non-hydrogen) atoms. The fraction of sp³-hybridized carbons (Fsp3) is 0.375. The fourth-order valence-corrected chi connectivity index (χ4v) is 6.63. The van der Waals surface area contributed by atoms with E-state index < -0.39 is 10.0 Å². The van der Waals surface area contributed by atoms with E-state index in [4.69, 9.17) is 11.6 Å². The Labute approximate surface area is 170 Å². The summed E-state index contributed by atoms with van der Waals surface area (Å²) in [4.78, 5) is 26.8. The van der Waals surface area contributed by atoms with E-state index in [1.807, 2.05) is 6.07 Å². The Morgan fingerprint density at radius 2 is 1.81 bits per heavy atom. The summed E-state index contributed by atoms with van der Waals surface area (Å²) in [6.45, 7) is 2.98. The van der Waals surface area contributed by atoms with Crippen LogP contribution in [0.15, 0.2) is 28.5 Å². The molecule has 7 nitrogen and oxygen atoms in total. The molecule has 2 amide bonds. The van der Waals surface area contributed by atoms with E-state index in [0.29, 0.717) is 28.8 Å². The van der Waals surface area contributed by atoms with Crippen LogP contribution in [0.25, 0.3) is 0 Å². The number of carbonyl (C=O) groups is 2. The molecule has 0 unspecified atom stereocenters. The summed E-state index contributed by atoms with van der Waals surface area (Å²) in [5.41, 5.74) is 0. The molecular weight excluding hydrogens is 430 g/mol. The topological polar surface area (TPSA) is 86.8 Å². The Kier molecular flexibility index (Phi) is 6.21. The first-order chi connectivity index (χ1) is 12.8. The van der Waals surface area contributed by atoms with E-state index in [1.165, 1.54) is 28.6 Å². The molecule has 11 heteroatoms. The third kappa shape index (κ3) is 4.69. The number of nitrogens with one attached hydrogen (secondary N) is 1. The second kappa shape index (κ2) is 8.27. The Balaban J connectivity index is 1.60. The third-order valence-electron chi connectivity index (χ3n) is 4.05. The molecule has 0 radical (unpaired) electrons. The van der Waals surface area contributed by atoms with Crippen molar-refractivity contribution in [1.29, 1.82) is 0 Å². The lowest BCUT2D eigenvalue weighted by Gasteiger charge is -2.33. The lowest BCUT2D eigenvalue weighted by atomic mass is 10.3. The Bertz CT molecular complexity index is 946. The van der Waals surface area contributed by atoms with E-state index in [2.05, 4.69) is 5.32 Å². The minimum Gasteiger partial charge on any atom is -0.351 e. The van der Waals surface area contributed by atoms with Crippen LogP contribution in [0.1, 0.15) is 21.5 Å². The zero-order chi connectivity index (χ0) is 19.6. The Morgan fingerprint density at radius 1 is 1.11 bits per heavy atom. The van der Waals surface area contributed by atoms with Crippen molar-refractivity contribution in [3.63, 3.8) is 0 Å². The summed E-state index contributed by atoms with van der Waals surface area (Å²) < 4.78 is 27.3. The van der Waals surface area contributed by atoms with Gasteiger partial charge in [-0.25, -0.2) is 8.42 Å². The van der Waals surface area contributed by atoms with Crippen molar-refractivity contribution in [2.45, 2.75) is 17.7 Å². The lowest BCUT2D eigenvalue weighted by molar-refractivity contribution is -0.119. The van der Waals surface area contributed by atoms with E-state index >= 15 is 0 Å². The zero-order valence-corrected chi connectivity index (χ0v) is 17.7. The van der Waals surface area contributed by atoms with Gasteiger partial charge in [0.05, 0.1) is 15.8 Å². The standard InChI is InChI=1S/C16H18ClN3O4S3/c1-11(21)18-10-12-2-3-13(25-12)16(22)19-6-8-20(9-7-19)27(23,24)15-5-4-14(17)26-15/h2-5H,6-10H2,1H3,(H,18,21). The maximum atomic E-state index is 12.6. The van der Waals surface area contributed by atoms with Crippen LogP contribution < -0.4 is 5.32 Å². The largest absolute Gasteiger partial charge is 0.351 e. The van der Waals surface area contributed by atoms with Crippen molar-refractivity contribution >= 4 is 56.1 Å². The molecule has 1 aliphatic rings. The van der Waals surface area contributed by atoms with Crippen LogP contribution in [0, 0.1) is 0 Å². The molecule has 0 aromatic carbocycles. The van der Waals surface area contributed by atoms with Gasteiger partial charge in [-0.05, 0) is 24.3 Å². The first-order valence-electron chi connectivity index (χ1n) is 8.15. The summed E-state index contributed by atoms with van der Waals surface area (Å²) in [6, 6.07) is 6.62. The number of thiophene rings is 2. The smallest absolute Gasteiger partial charge is 0.264 e. The second-order valence-corrected chi connectivity index (χ2v) is 11.0. The van der Waals surface area contributed by atoms with Crippen LogP contribution in [0.2, 0.25) is 4.34 Å². The van der Waals surface area contributed by atoms with E-state index in [9.17, 15) is 18.0 Å². The molecule has 0 aliphatic carbocycles. The molecule has 0 bridgehead atoms. The number of rotatable bonds is 5.